The van der Waals surface area contributed by atoms with Gasteiger partial charge in [-0.1, -0.05) is 24.3 Å². The summed E-state index contributed by atoms with van der Waals surface area (Å²) in [5, 5.41) is 12.2. The highest BCUT2D eigenvalue weighted by atomic mass is 16.5. The molecule has 0 saturated carbocycles. The quantitative estimate of drug-likeness (QED) is 0.710. The average Bonchev–Trinajstić information content (AvgIpc) is 2.69. The molecule has 146 valence electrons. The second kappa shape index (κ2) is 10.1. The molecule has 0 bridgehead atoms. The van der Waals surface area contributed by atoms with Crippen LogP contribution in [0.25, 0.3) is 0 Å². The summed E-state index contributed by atoms with van der Waals surface area (Å²) in [6.45, 7) is 1.88. The lowest BCUT2D eigenvalue weighted by molar-refractivity contribution is -0.119. The summed E-state index contributed by atoms with van der Waals surface area (Å²) in [7, 11) is 3.06. The van der Waals surface area contributed by atoms with Gasteiger partial charge in [0, 0.05) is 18.9 Å². The number of amides is 1. The van der Waals surface area contributed by atoms with Crippen LogP contribution in [0.3, 0.4) is 0 Å². The van der Waals surface area contributed by atoms with Crippen molar-refractivity contribution in [3.8, 4) is 17.6 Å². The molecule has 1 amide bonds. The number of aryl methyl sites for hydroxylation is 1. The molecule has 0 aliphatic rings. The van der Waals surface area contributed by atoms with Crippen LogP contribution in [0.15, 0.2) is 42.5 Å². The number of methoxy groups -OCH3 is 2. The van der Waals surface area contributed by atoms with E-state index in [0.29, 0.717) is 23.6 Å². The number of nitriles is 1. The van der Waals surface area contributed by atoms with Crippen LogP contribution in [0, 0.1) is 18.3 Å². The van der Waals surface area contributed by atoms with Gasteiger partial charge in [0.05, 0.1) is 26.0 Å². The molecule has 0 aromatic heterocycles. The van der Waals surface area contributed by atoms with E-state index in [2.05, 4.69) is 11.4 Å². The predicted molar refractivity (Wildman–Crippen MR) is 107 cm³/mol. The van der Waals surface area contributed by atoms with E-state index in [1.807, 2.05) is 25.1 Å². The molecular formula is C22H24N2O4. The number of carbonyl (C=O) groups excluding carboxylic acids is 2. The van der Waals surface area contributed by atoms with Gasteiger partial charge in [-0.2, -0.15) is 5.26 Å². The van der Waals surface area contributed by atoms with E-state index >= 15 is 0 Å². The van der Waals surface area contributed by atoms with Crippen molar-refractivity contribution >= 4 is 17.4 Å². The van der Waals surface area contributed by atoms with Gasteiger partial charge in [0.1, 0.15) is 17.4 Å². The maximum Gasteiger partial charge on any atom is 0.224 e. The van der Waals surface area contributed by atoms with E-state index < -0.39 is 5.92 Å². The zero-order valence-corrected chi connectivity index (χ0v) is 16.3. The van der Waals surface area contributed by atoms with Gasteiger partial charge in [0.15, 0.2) is 5.78 Å². The molecule has 0 unspecified atom stereocenters. The molecule has 0 aliphatic carbocycles. The number of ketones is 1. The first-order valence-corrected chi connectivity index (χ1v) is 9.00. The number of anilines is 1. The molecule has 0 aliphatic heterocycles. The van der Waals surface area contributed by atoms with E-state index in [-0.39, 0.29) is 24.5 Å². The van der Waals surface area contributed by atoms with Crippen LogP contribution < -0.4 is 14.8 Å². The van der Waals surface area contributed by atoms with Gasteiger partial charge in [-0.15, -0.1) is 0 Å². The minimum atomic E-state index is -0.803. The molecule has 0 heterocycles. The minimum absolute atomic E-state index is 0.162. The minimum Gasteiger partial charge on any atom is -0.497 e. The smallest absolute Gasteiger partial charge is 0.224 e. The molecule has 1 N–H and O–H groups in total. The fourth-order valence-corrected chi connectivity index (χ4v) is 2.92. The van der Waals surface area contributed by atoms with Crippen LogP contribution in [0.5, 0.6) is 11.5 Å². The van der Waals surface area contributed by atoms with Crippen molar-refractivity contribution in [2.75, 3.05) is 19.5 Å². The van der Waals surface area contributed by atoms with E-state index in [9.17, 15) is 14.9 Å². The molecule has 2 aromatic rings. The zero-order valence-electron chi connectivity index (χ0n) is 16.3. The van der Waals surface area contributed by atoms with Crippen molar-refractivity contribution in [1.82, 2.24) is 0 Å². The third-order valence-corrected chi connectivity index (χ3v) is 4.46. The fraction of sp³-hybridized carbons (Fsp3) is 0.318. The normalized spacial score (nSPS) is 11.2. The monoisotopic (exact) mass is 380 g/mol. The fourth-order valence-electron chi connectivity index (χ4n) is 2.92. The predicted octanol–water partition coefficient (Wildman–Crippen LogP) is 4.00. The van der Waals surface area contributed by atoms with E-state index in [1.165, 1.54) is 7.11 Å². The highest BCUT2D eigenvalue weighted by Gasteiger charge is 2.21. The average molecular weight is 380 g/mol. The van der Waals surface area contributed by atoms with Crippen LogP contribution in [-0.4, -0.2) is 25.9 Å². The first-order chi connectivity index (χ1) is 13.5. The molecule has 0 radical (unpaired) electrons. The number of rotatable bonds is 9. The topological polar surface area (TPSA) is 88.4 Å². The van der Waals surface area contributed by atoms with Crippen molar-refractivity contribution in [3.05, 3.63) is 53.6 Å². The summed E-state index contributed by atoms with van der Waals surface area (Å²) in [5.74, 6) is -0.0919. The van der Waals surface area contributed by atoms with Crippen molar-refractivity contribution < 1.29 is 19.1 Å². The SMILES string of the molecule is COc1ccc(OC)c(NC(=O)CCCC(=O)[C@H](C#N)c2ccccc2C)c1. The van der Waals surface area contributed by atoms with Gasteiger partial charge >= 0.3 is 0 Å². The van der Waals surface area contributed by atoms with Crippen molar-refractivity contribution in [3.63, 3.8) is 0 Å². The van der Waals surface area contributed by atoms with Gasteiger partial charge in [0.2, 0.25) is 5.91 Å². The Bertz CT molecular complexity index is 886. The molecule has 28 heavy (non-hydrogen) atoms. The van der Waals surface area contributed by atoms with Gasteiger partial charge in [-0.05, 0) is 36.6 Å². The zero-order chi connectivity index (χ0) is 20.5. The number of carbonyl (C=O) groups is 2. The molecule has 2 rings (SSSR count). The molecule has 2 aromatic carbocycles. The van der Waals surface area contributed by atoms with Crippen LogP contribution in [0.1, 0.15) is 36.3 Å². The summed E-state index contributed by atoms with van der Waals surface area (Å²) in [6, 6.07) is 14.6. The number of Topliss-reactive ketones (excluding diaryl/α,β-unsaturated/α-hetero) is 1. The van der Waals surface area contributed by atoms with Crippen LogP contribution in [0.2, 0.25) is 0 Å². The number of ether oxygens (including phenoxy) is 2. The number of hydrogen-bond donors (Lipinski definition) is 1. The summed E-state index contributed by atoms with van der Waals surface area (Å²) < 4.78 is 10.4. The lowest BCUT2D eigenvalue weighted by atomic mass is 9.90. The van der Waals surface area contributed by atoms with Gasteiger partial charge in [-0.25, -0.2) is 0 Å². The molecule has 0 spiro atoms. The van der Waals surface area contributed by atoms with Crippen molar-refractivity contribution in [1.29, 1.82) is 5.26 Å². The summed E-state index contributed by atoms with van der Waals surface area (Å²) >= 11 is 0. The molecule has 0 saturated heterocycles. The Morgan fingerprint density at radius 1 is 1.11 bits per heavy atom. The number of nitrogens with one attached hydrogen (secondary N) is 1. The van der Waals surface area contributed by atoms with Crippen LogP contribution in [0.4, 0.5) is 5.69 Å². The first kappa shape index (κ1) is 21.0. The number of benzene rings is 2. The maximum atomic E-state index is 12.5. The molecule has 6 heteroatoms. The Hall–Kier alpha value is -3.33. The highest BCUT2D eigenvalue weighted by molar-refractivity contribution is 5.93. The number of nitrogens with zero attached hydrogens (tertiary/aromatic N) is 1. The lowest BCUT2D eigenvalue weighted by Crippen LogP contribution is -2.15. The molecule has 1 atom stereocenters. The van der Waals surface area contributed by atoms with Crippen molar-refractivity contribution in [2.24, 2.45) is 0 Å². The Kier molecular flexibility index (Phi) is 7.58. The largest absolute Gasteiger partial charge is 0.497 e. The molecule has 6 nitrogen and oxygen atoms in total. The Morgan fingerprint density at radius 2 is 1.86 bits per heavy atom. The third kappa shape index (κ3) is 5.34. The van der Waals surface area contributed by atoms with Crippen LogP contribution >= 0.6 is 0 Å². The van der Waals surface area contributed by atoms with E-state index in [1.54, 1.807) is 31.4 Å². The van der Waals surface area contributed by atoms with Gasteiger partial charge < -0.3 is 14.8 Å². The molecular weight excluding hydrogens is 356 g/mol. The van der Waals surface area contributed by atoms with E-state index in [0.717, 1.165) is 11.1 Å². The second-order valence-corrected chi connectivity index (χ2v) is 6.35. The second-order valence-electron chi connectivity index (χ2n) is 6.35. The first-order valence-electron chi connectivity index (χ1n) is 9.00. The highest BCUT2D eigenvalue weighted by Crippen LogP contribution is 2.29. The van der Waals surface area contributed by atoms with Crippen LogP contribution in [-0.2, 0) is 9.59 Å². The van der Waals surface area contributed by atoms with Crippen molar-refractivity contribution in [2.45, 2.75) is 32.1 Å². The Balaban J connectivity index is 1.92. The van der Waals surface area contributed by atoms with E-state index in [4.69, 9.17) is 9.47 Å². The Labute approximate surface area is 165 Å². The summed E-state index contributed by atoms with van der Waals surface area (Å²) in [4.78, 5) is 24.7. The summed E-state index contributed by atoms with van der Waals surface area (Å²) in [6.07, 6.45) is 0.689. The standard InChI is InChI=1S/C22H24N2O4/c1-15-7-4-5-8-17(15)18(14-23)20(25)9-6-10-22(26)24-19-13-16(27-2)11-12-21(19)28-3/h4-5,7-8,11-13,18H,6,9-10H2,1-3H3,(H,24,26)/t18-/m1/s1. The lowest BCUT2D eigenvalue weighted by Gasteiger charge is -2.13. The van der Waals surface area contributed by atoms with Gasteiger partial charge in [0.25, 0.3) is 0 Å². The molecule has 0 fully saturated rings. The van der Waals surface area contributed by atoms with Gasteiger partial charge in [-0.3, -0.25) is 9.59 Å². The third-order valence-electron chi connectivity index (χ3n) is 4.46. The summed E-state index contributed by atoms with van der Waals surface area (Å²) in [5.41, 5.74) is 2.14. The Morgan fingerprint density at radius 3 is 2.50 bits per heavy atom. The number of hydrogen-bond acceptors (Lipinski definition) is 5. The maximum absolute atomic E-state index is 12.5.